The highest BCUT2D eigenvalue weighted by atomic mass is 16.5. The molecule has 0 fully saturated rings. The third kappa shape index (κ3) is 4.50. The number of aryl methyl sites for hydroxylation is 2. The molecular weight excluding hydrogens is 396 g/mol. The molecule has 1 aliphatic rings. The maximum Gasteiger partial charge on any atom is 0.338 e. The summed E-state index contributed by atoms with van der Waals surface area (Å²) in [7, 11) is 0. The van der Waals surface area contributed by atoms with Crippen LogP contribution in [0, 0.1) is 13.8 Å². The number of carbonyl (C=O) groups excluding carboxylic acids is 4. The highest BCUT2D eigenvalue weighted by molar-refractivity contribution is 6.35. The van der Waals surface area contributed by atoms with E-state index >= 15 is 0 Å². The smallest absolute Gasteiger partial charge is 0.338 e. The Bertz CT molecular complexity index is 1100. The van der Waals surface area contributed by atoms with E-state index in [2.05, 4.69) is 5.32 Å². The molecule has 0 radical (unpaired) electrons. The van der Waals surface area contributed by atoms with Crippen molar-refractivity contribution in [1.82, 2.24) is 5.32 Å². The highest BCUT2D eigenvalue weighted by Crippen LogP contribution is 2.32. The van der Waals surface area contributed by atoms with Gasteiger partial charge in [0, 0.05) is 5.54 Å². The van der Waals surface area contributed by atoms with E-state index in [-0.39, 0.29) is 16.7 Å². The zero-order chi connectivity index (χ0) is 23.1. The fraction of sp³-hybridized carbons (Fsp3) is 0.333. The van der Waals surface area contributed by atoms with Gasteiger partial charge >= 0.3 is 5.97 Å². The first-order chi connectivity index (χ1) is 14.4. The predicted octanol–water partition coefficient (Wildman–Crippen LogP) is 3.56. The molecule has 0 bridgehead atoms. The number of hydrogen-bond donors (Lipinski definition) is 1. The Kier molecular flexibility index (Phi) is 5.72. The van der Waals surface area contributed by atoms with Crippen molar-refractivity contribution in [3.05, 3.63) is 64.2 Å². The molecule has 1 atom stereocenters. The number of hydrogen-bond acceptors (Lipinski definition) is 5. The second kappa shape index (κ2) is 7.98. The summed E-state index contributed by atoms with van der Waals surface area (Å²) in [4.78, 5) is 51.8. The molecule has 0 unspecified atom stereocenters. The number of ether oxygens (including phenoxy) is 1. The molecule has 2 aromatic rings. The molecule has 1 heterocycles. The molecule has 7 heteroatoms. The molecule has 1 aliphatic heterocycles. The number of fused-ring (bicyclic) bond motifs is 1. The maximum absolute atomic E-state index is 13.0. The van der Waals surface area contributed by atoms with Crippen LogP contribution in [-0.2, 0) is 9.53 Å². The monoisotopic (exact) mass is 422 g/mol. The maximum atomic E-state index is 13.0. The zero-order valence-electron chi connectivity index (χ0n) is 18.5. The summed E-state index contributed by atoms with van der Waals surface area (Å²) in [6.07, 6.45) is -1.01. The Morgan fingerprint density at radius 3 is 2.26 bits per heavy atom. The van der Waals surface area contributed by atoms with E-state index in [1.54, 1.807) is 6.07 Å². The fourth-order valence-electron chi connectivity index (χ4n) is 3.30. The number of rotatable bonds is 4. The van der Waals surface area contributed by atoms with Gasteiger partial charge in [0.1, 0.15) is 0 Å². The lowest BCUT2D eigenvalue weighted by Crippen LogP contribution is -2.46. The van der Waals surface area contributed by atoms with Crippen molar-refractivity contribution < 1.29 is 23.9 Å². The van der Waals surface area contributed by atoms with Gasteiger partial charge in [0.2, 0.25) is 0 Å². The number of anilines is 1. The van der Waals surface area contributed by atoms with Crippen LogP contribution in [0.5, 0.6) is 0 Å². The Labute approximate surface area is 181 Å². The highest BCUT2D eigenvalue weighted by Gasteiger charge is 2.38. The third-order valence-corrected chi connectivity index (χ3v) is 4.88. The van der Waals surface area contributed by atoms with E-state index in [4.69, 9.17) is 4.74 Å². The lowest BCUT2D eigenvalue weighted by Gasteiger charge is -2.23. The predicted molar refractivity (Wildman–Crippen MR) is 116 cm³/mol. The van der Waals surface area contributed by atoms with Gasteiger partial charge in [-0.15, -0.1) is 0 Å². The molecule has 0 aliphatic carbocycles. The van der Waals surface area contributed by atoms with Crippen molar-refractivity contribution in [1.29, 1.82) is 0 Å². The number of nitrogens with zero attached hydrogens (tertiary/aromatic N) is 1. The fourth-order valence-corrected chi connectivity index (χ4v) is 3.30. The minimum absolute atomic E-state index is 0.0955. The summed E-state index contributed by atoms with van der Waals surface area (Å²) in [5.74, 6) is -2.10. The van der Waals surface area contributed by atoms with Gasteiger partial charge in [0.15, 0.2) is 6.10 Å². The molecule has 3 rings (SSSR count). The Morgan fingerprint density at radius 1 is 0.968 bits per heavy atom. The van der Waals surface area contributed by atoms with Gasteiger partial charge in [0.05, 0.1) is 22.4 Å². The van der Waals surface area contributed by atoms with E-state index in [1.807, 2.05) is 46.8 Å². The normalized spacial score (nSPS) is 14.3. The number of esters is 1. The van der Waals surface area contributed by atoms with Gasteiger partial charge in [-0.3, -0.25) is 14.4 Å². The molecule has 31 heavy (non-hydrogen) atoms. The van der Waals surface area contributed by atoms with Crippen molar-refractivity contribution in [2.45, 2.75) is 53.2 Å². The van der Waals surface area contributed by atoms with Crippen LogP contribution in [0.4, 0.5) is 5.69 Å². The lowest BCUT2D eigenvalue weighted by molar-refractivity contribution is -0.130. The van der Waals surface area contributed by atoms with Gasteiger partial charge in [0.25, 0.3) is 17.7 Å². The van der Waals surface area contributed by atoms with Crippen LogP contribution in [0.25, 0.3) is 0 Å². The molecule has 0 aromatic heterocycles. The molecule has 3 amide bonds. The van der Waals surface area contributed by atoms with Gasteiger partial charge in [-0.25, -0.2) is 9.69 Å². The number of nitrogens with one attached hydrogen (secondary N) is 1. The number of carbonyl (C=O) groups is 4. The largest absolute Gasteiger partial charge is 0.449 e. The SMILES string of the molecule is Cc1ccc(C)c(N2C(=O)c3ccc(C(=O)O[C@H](C)C(=O)NC(C)(C)C)cc3C2=O)c1. The molecular formula is C24H26N2O5. The third-order valence-electron chi connectivity index (χ3n) is 4.88. The summed E-state index contributed by atoms with van der Waals surface area (Å²) < 4.78 is 5.25. The van der Waals surface area contributed by atoms with Crippen LogP contribution in [0.15, 0.2) is 36.4 Å². The van der Waals surface area contributed by atoms with E-state index in [1.165, 1.54) is 25.1 Å². The second-order valence-electron chi connectivity index (χ2n) is 8.78. The van der Waals surface area contributed by atoms with Gasteiger partial charge in [-0.05, 0) is 76.9 Å². The van der Waals surface area contributed by atoms with E-state index in [0.717, 1.165) is 16.0 Å². The molecule has 1 N–H and O–H groups in total. The summed E-state index contributed by atoms with van der Waals surface area (Å²) in [6.45, 7) is 10.7. The van der Waals surface area contributed by atoms with Crippen molar-refractivity contribution >= 4 is 29.4 Å². The zero-order valence-corrected chi connectivity index (χ0v) is 18.5. The van der Waals surface area contributed by atoms with Crippen LogP contribution in [-0.4, -0.2) is 35.3 Å². The molecule has 162 valence electrons. The Hall–Kier alpha value is -3.48. The Morgan fingerprint density at radius 2 is 1.61 bits per heavy atom. The standard InChI is InChI=1S/C24H26N2O5/c1-13-7-8-14(2)19(11-13)26-21(28)17-10-9-16(12-18(17)22(26)29)23(30)31-15(3)20(27)25-24(4,5)6/h7-12,15H,1-6H3,(H,25,27)/t15-/m1/s1. The van der Waals surface area contributed by atoms with E-state index in [9.17, 15) is 19.2 Å². The summed E-state index contributed by atoms with van der Waals surface area (Å²) in [6, 6.07) is 9.74. The molecule has 0 spiro atoms. The first-order valence-corrected chi connectivity index (χ1v) is 10.0. The molecule has 0 saturated carbocycles. The van der Waals surface area contributed by atoms with Crippen molar-refractivity contribution in [2.24, 2.45) is 0 Å². The molecule has 0 saturated heterocycles. The first kappa shape index (κ1) is 22.2. The summed E-state index contributed by atoms with van der Waals surface area (Å²) in [5.41, 5.74) is 2.21. The summed E-state index contributed by atoms with van der Waals surface area (Å²) in [5, 5.41) is 2.74. The van der Waals surface area contributed by atoms with E-state index < -0.39 is 35.3 Å². The Balaban J connectivity index is 1.84. The van der Waals surface area contributed by atoms with Crippen LogP contribution in [0.2, 0.25) is 0 Å². The number of imide groups is 1. The van der Waals surface area contributed by atoms with E-state index in [0.29, 0.717) is 5.69 Å². The lowest BCUT2D eigenvalue weighted by atomic mass is 10.1. The molecule has 7 nitrogen and oxygen atoms in total. The molecule has 2 aromatic carbocycles. The van der Waals surface area contributed by atoms with Crippen LogP contribution < -0.4 is 10.2 Å². The van der Waals surface area contributed by atoms with Crippen molar-refractivity contribution in [3.63, 3.8) is 0 Å². The summed E-state index contributed by atoms with van der Waals surface area (Å²) >= 11 is 0. The van der Waals surface area contributed by atoms with Gasteiger partial charge in [-0.1, -0.05) is 12.1 Å². The van der Waals surface area contributed by atoms with Crippen LogP contribution in [0.3, 0.4) is 0 Å². The number of benzene rings is 2. The second-order valence-corrected chi connectivity index (χ2v) is 8.78. The quantitative estimate of drug-likeness (QED) is 0.601. The topological polar surface area (TPSA) is 92.8 Å². The minimum atomic E-state index is -1.01. The van der Waals surface area contributed by atoms with Crippen LogP contribution >= 0.6 is 0 Å². The first-order valence-electron chi connectivity index (χ1n) is 10.0. The minimum Gasteiger partial charge on any atom is -0.449 e. The van der Waals surface area contributed by atoms with Crippen molar-refractivity contribution in [2.75, 3.05) is 4.90 Å². The van der Waals surface area contributed by atoms with Gasteiger partial charge in [-0.2, -0.15) is 0 Å². The number of amides is 3. The van der Waals surface area contributed by atoms with Crippen LogP contribution in [0.1, 0.15) is 69.9 Å². The average molecular weight is 422 g/mol. The average Bonchev–Trinajstić information content (AvgIpc) is 2.92. The van der Waals surface area contributed by atoms with Crippen molar-refractivity contribution in [3.8, 4) is 0 Å². The van der Waals surface area contributed by atoms with Gasteiger partial charge < -0.3 is 10.1 Å².